The number of anilines is 2. The Morgan fingerprint density at radius 2 is 1.95 bits per heavy atom. The van der Waals surface area contributed by atoms with E-state index in [1.807, 2.05) is 13.8 Å². The van der Waals surface area contributed by atoms with E-state index in [0.29, 0.717) is 17.3 Å². The maximum atomic E-state index is 12.3. The van der Waals surface area contributed by atoms with E-state index in [9.17, 15) is 8.42 Å². The lowest BCUT2D eigenvalue weighted by Crippen LogP contribution is -2.14. The summed E-state index contributed by atoms with van der Waals surface area (Å²) in [5.74, 6) is 0.411. The Morgan fingerprint density at radius 1 is 1.24 bits per heavy atom. The number of pyridine rings is 1. The molecule has 0 saturated heterocycles. The minimum Gasteiger partial charge on any atom is -0.481 e. The molecular formula is C14H17N3O3S. The number of sulfonamides is 1. The number of aryl methyl sites for hydroxylation is 1. The second kappa shape index (κ2) is 5.61. The first-order chi connectivity index (χ1) is 9.83. The number of hydrogen-bond donors (Lipinski definition) is 2. The summed E-state index contributed by atoms with van der Waals surface area (Å²) in [5.41, 5.74) is 8.33. The Hall–Kier alpha value is -2.28. The molecule has 6 nitrogen and oxygen atoms in total. The predicted molar refractivity (Wildman–Crippen MR) is 81.9 cm³/mol. The van der Waals surface area contributed by atoms with Crippen LogP contribution in [0.25, 0.3) is 0 Å². The molecule has 0 bridgehead atoms. The summed E-state index contributed by atoms with van der Waals surface area (Å²) in [7, 11) is -2.22. The van der Waals surface area contributed by atoms with Gasteiger partial charge in [-0.05, 0) is 43.2 Å². The zero-order valence-electron chi connectivity index (χ0n) is 12.0. The van der Waals surface area contributed by atoms with Crippen molar-refractivity contribution in [2.75, 3.05) is 17.6 Å². The van der Waals surface area contributed by atoms with Gasteiger partial charge in [0.05, 0.1) is 23.9 Å². The van der Waals surface area contributed by atoms with Gasteiger partial charge in [0.25, 0.3) is 10.0 Å². The van der Waals surface area contributed by atoms with E-state index in [2.05, 4.69) is 9.71 Å². The third-order valence-corrected chi connectivity index (χ3v) is 4.55. The van der Waals surface area contributed by atoms with Crippen molar-refractivity contribution in [3.63, 3.8) is 0 Å². The molecule has 1 heterocycles. The summed E-state index contributed by atoms with van der Waals surface area (Å²) in [4.78, 5) is 4.07. The third-order valence-electron chi connectivity index (χ3n) is 3.19. The number of ether oxygens (including phenoxy) is 1. The Kier molecular flexibility index (Phi) is 4.04. The zero-order valence-corrected chi connectivity index (χ0v) is 12.9. The van der Waals surface area contributed by atoms with E-state index in [4.69, 9.17) is 10.5 Å². The van der Waals surface area contributed by atoms with Gasteiger partial charge in [0.2, 0.25) is 5.88 Å². The van der Waals surface area contributed by atoms with Crippen molar-refractivity contribution >= 4 is 21.4 Å². The van der Waals surface area contributed by atoms with Crippen LogP contribution in [0.5, 0.6) is 5.88 Å². The van der Waals surface area contributed by atoms with Gasteiger partial charge < -0.3 is 10.5 Å². The molecule has 7 heteroatoms. The van der Waals surface area contributed by atoms with Crippen LogP contribution in [-0.4, -0.2) is 20.5 Å². The topological polar surface area (TPSA) is 94.3 Å². The smallest absolute Gasteiger partial charge is 0.262 e. The molecule has 3 N–H and O–H groups in total. The quantitative estimate of drug-likeness (QED) is 0.843. The molecule has 0 spiro atoms. The molecule has 21 heavy (non-hydrogen) atoms. The number of benzene rings is 1. The van der Waals surface area contributed by atoms with E-state index in [-0.39, 0.29) is 4.90 Å². The number of nitrogens with one attached hydrogen (secondary N) is 1. The highest BCUT2D eigenvalue weighted by atomic mass is 32.2. The lowest BCUT2D eigenvalue weighted by molar-refractivity contribution is 0.398. The van der Waals surface area contributed by atoms with Crippen molar-refractivity contribution in [2.45, 2.75) is 18.7 Å². The lowest BCUT2D eigenvalue weighted by Gasteiger charge is -2.11. The van der Waals surface area contributed by atoms with Crippen LogP contribution in [0, 0.1) is 13.8 Å². The number of methoxy groups -OCH3 is 1. The fourth-order valence-electron chi connectivity index (χ4n) is 1.78. The van der Waals surface area contributed by atoms with Crippen LogP contribution < -0.4 is 15.2 Å². The van der Waals surface area contributed by atoms with E-state index in [1.54, 1.807) is 18.2 Å². The van der Waals surface area contributed by atoms with Crippen LogP contribution in [0.2, 0.25) is 0 Å². The molecule has 0 atom stereocenters. The molecule has 1 aromatic carbocycles. The second-order valence-corrected chi connectivity index (χ2v) is 6.33. The van der Waals surface area contributed by atoms with Crippen molar-refractivity contribution in [1.29, 1.82) is 0 Å². The predicted octanol–water partition coefficient (Wildman–Crippen LogP) is 2.09. The normalized spacial score (nSPS) is 11.2. The van der Waals surface area contributed by atoms with E-state index >= 15 is 0 Å². The highest BCUT2D eigenvalue weighted by Crippen LogP contribution is 2.23. The molecule has 112 valence electrons. The Bertz CT molecular complexity index is 733. The monoisotopic (exact) mass is 307 g/mol. The molecule has 2 aromatic rings. The van der Waals surface area contributed by atoms with Gasteiger partial charge in [0.1, 0.15) is 0 Å². The highest BCUT2D eigenvalue weighted by molar-refractivity contribution is 7.92. The number of hydrogen-bond acceptors (Lipinski definition) is 5. The van der Waals surface area contributed by atoms with Crippen LogP contribution in [0.15, 0.2) is 35.4 Å². The fraction of sp³-hybridized carbons (Fsp3) is 0.214. The number of nitrogen functional groups attached to an aromatic ring is 1. The molecule has 0 amide bonds. The summed E-state index contributed by atoms with van der Waals surface area (Å²) in [6.45, 7) is 3.67. The lowest BCUT2D eigenvalue weighted by atomic mass is 10.1. The van der Waals surface area contributed by atoms with Gasteiger partial charge in [-0.1, -0.05) is 0 Å². The van der Waals surface area contributed by atoms with Crippen molar-refractivity contribution in [1.82, 2.24) is 4.98 Å². The average molecular weight is 307 g/mol. The van der Waals surface area contributed by atoms with Crippen molar-refractivity contribution < 1.29 is 13.2 Å². The maximum absolute atomic E-state index is 12.3. The molecule has 0 aliphatic heterocycles. The first kappa shape index (κ1) is 15.1. The molecule has 0 radical (unpaired) electrons. The largest absolute Gasteiger partial charge is 0.481 e. The van der Waals surface area contributed by atoms with Gasteiger partial charge in [0.15, 0.2) is 0 Å². The summed E-state index contributed by atoms with van der Waals surface area (Å²) in [5, 5.41) is 0. The standard InChI is InChI=1S/C14H17N3O3S/c1-9-6-12(7-13(15)10(9)2)21(18,19)17-11-4-5-14(20-3)16-8-11/h4-8,17H,15H2,1-3H3. The van der Waals surface area contributed by atoms with Gasteiger partial charge in [-0.25, -0.2) is 13.4 Å². The molecule has 0 aliphatic carbocycles. The third kappa shape index (κ3) is 3.25. The Balaban J connectivity index is 2.33. The molecule has 1 aromatic heterocycles. The van der Waals surface area contributed by atoms with Crippen LogP contribution in [0.3, 0.4) is 0 Å². The average Bonchev–Trinajstić information content (AvgIpc) is 2.44. The van der Waals surface area contributed by atoms with Gasteiger partial charge in [-0.3, -0.25) is 4.72 Å². The summed E-state index contributed by atoms with van der Waals surface area (Å²) in [6.07, 6.45) is 1.39. The van der Waals surface area contributed by atoms with E-state index < -0.39 is 10.0 Å². The maximum Gasteiger partial charge on any atom is 0.262 e. The minimum absolute atomic E-state index is 0.124. The van der Waals surface area contributed by atoms with Crippen molar-refractivity contribution in [3.8, 4) is 5.88 Å². The van der Waals surface area contributed by atoms with Gasteiger partial charge >= 0.3 is 0 Å². The Morgan fingerprint density at radius 3 is 2.48 bits per heavy atom. The number of nitrogens with zero attached hydrogens (tertiary/aromatic N) is 1. The molecular weight excluding hydrogens is 290 g/mol. The summed E-state index contributed by atoms with van der Waals surface area (Å²) < 4.78 is 32.1. The van der Waals surface area contributed by atoms with E-state index in [0.717, 1.165) is 11.1 Å². The Labute approximate surface area is 124 Å². The van der Waals surface area contributed by atoms with Gasteiger partial charge in [-0.2, -0.15) is 0 Å². The SMILES string of the molecule is COc1ccc(NS(=O)(=O)c2cc(C)c(C)c(N)c2)cn1. The molecule has 0 aliphatic rings. The summed E-state index contributed by atoms with van der Waals surface area (Å²) in [6, 6.07) is 6.19. The van der Waals surface area contributed by atoms with Crippen LogP contribution in [0.1, 0.15) is 11.1 Å². The molecule has 2 rings (SSSR count). The van der Waals surface area contributed by atoms with Gasteiger partial charge in [0, 0.05) is 11.8 Å². The van der Waals surface area contributed by atoms with Crippen molar-refractivity contribution in [2.24, 2.45) is 0 Å². The summed E-state index contributed by atoms with van der Waals surface area (Å²) >= 11 is 0. The second-order valence-electron chi connectivity index (χ2n) is 4.65. The minimum atomic E-state index is -3.71. The highest BCUT2D eigenvalue weighted by Gasteiger charge is 2.16. The first-order valence-corrected chi connectivity index (χ1v) is 7.71. The van der Waals surface area contributed by atoms with Crippen LogP contribution in [0.4, 0.5) is 11.4 Å². The first-order valence-electron chi connectivity index (χ1n) is 6.23. The molecule has 0 unspecified atom stereocenters. The van der Waals surface area contributed by atoms with Crippen molar-refractivity contribution in [3.05, 3.63) is 41.6 Å². The molecule has 0 fully saturated rings. The van der Waals surface area contributed by atoms with Gasteiger partial charge in [-0.15, -0.1) is 0 Å². The van der Waals surface area contributed by atoms with Crippen LogP contribution >= 0.6 is 0 Å². The number of aromatic nitrogens is 1. The van der Waals surface area contributed by atoms with Crippen LogP contribution in [-0.2, 0) is 10.0 Å². The van der Waals surface area contributed by atoms with E-state index in [1.165, 1.54) is 19.4 Å². The molecule has 0 saturated carbocycles. The fourth-order valence-corrected chi connectivity index (χ4v) is 2.95. The number of nitrogens with two attached hydrogens (primary N) is 1. The number of rotatable bonds is 4. The zero-order chi connectivity index (χ0) is 15.6.